The molecule has 112 valence electrons. The van der Waals surface area contributed by atoms with Crippen LogP contribution in [0.25, 0.3) is 0 Å². The van der Waals surface area contributed by atoms with Gasteiger partial charge in [0.25, 0.3) is 0 Å². The van der Waals surface area contributed by atoms with Crippen molar-refractivity contribution in [1.82, 2.24) is 10.6 Å². The molecule has 0 aromatic carbocycles. The van der Waals surface area contributed by atoms with Gasteiger partial charge in [0, 0.05) is 13.0 Å². The highest BCUT2D eigenvalue weighted by atomic mass is 16.6. The third-order valence-corrected chi connectivity index (χ3v) is 2.28. The van der Waals surface area contributed by atoms with Gasteiger partial charge in [0.15, 0.2) is 0 Å². The number of furan rings is 1. The minimum atomic E-state index is -0.538. The molecule has 0 atom stereocenters. The van der Waals surface area contributed by atoms with Crippen LogP contribution in [0.1, 0.15) is 38.7 Å². The molecule has 0 bridgehead atoms. The zero-order chi connectivity index (χ0) is 15.2. The lowest BCUT2D eigenvalue weighted by molar-refractivity contribution is -0.121. The van der Waals surface area contributed by atoms with Crippen LogP contribution >= 0.6 is 0 Å². The van der Waals surface area contributed by atoms with Gasteiger partial charge in [0.2, 0.25) is 5.91 Å². The first-order valence-electron chi connectivity index (χ1n) is 6.55. The van der Waals surface area contributed by atoms with Gasteiger partial charge in [-0.2, -0.15) is 0 Å². The van der Waals surface area contributed by atoms with Crippen LogP contribution in [0, 0.1) is 6.92 Å². The molecule has 0 aliphatic rings. The monoisotopic (exact) mass is 282 g/mol. The minimum Gasteiger partial charge on any atom is -0.465 e. The van der Waals surface area contributed by atoms with Crippen molar-refractivity contribution in [3.05, 3.63) is 23.7 Å². The Morgan fingerprint density at radius 1 is 1.25 bits per heavy atom. The number of hydrogen-bond acceptors (Lipinski definition) is 4. The Kier molecular flexibility index (Phi) is 5.61. The second-order valence-corrected chi connectivity index (χ2v) is 5.47. The number of nitrogens with one attached hydrogen (secondary N) is 2. The number of rotatable bonds is 5. The van der Waals surface area contributed by atoms with E-state index in [4.69, 9.17) is 9.15 Å². The van der Waals surface area contributed by atoms with Gasteiger partial charge in [-0.15, -0.1) is 0 Å². The van der Waals surface area contributed by atoms with E-state index < -0.39 is 11.7 Å². The Bertz CT molecular complexity index is 460. The molecule has 0 spiro atoms. The molecule has 6 nitrogen and oxygen atoms in total. The summed E-state index contributed by atoms with van der Waals surface area (Å²) in [6.45, 7) is 7.77. The van der Waals surface area contributed by atoms with E-state index in [-0.39, 0.29) is 18.9 Å². The molecule has 0 aliphatic heterocycles. The molecule has 0 fully saturated rings. The maximum Gasteiger partial charge on any atom is 0.407 e. The van der Waals surface area contributed by atoms with E-state index >= 15 is 0 Å². The Morgan fingerprint density at radius 2 is 1.95 bits per heavy atom. The molecule has 1 aromatic heterocycles. The van der Waals surface area contributed by atoms with Gasteiger partial charge < -0.3 is 19.8 Å². The maximum absolute atomic E-state index is 11.5. The molecular formula is C14H22N2O4. The van der Waals surface area contributed by atoms with Crippen molar-refractivity contribution in [2.45, 2.75) is 46.3 Å². The zero-order valence-corrected chi connectivity index (χ0v) is 12.4. The van der Waals surface area contributed by atoms with Gasteiger partial charge in [-0.1, -0.05) is 0 Å². The largest absolute Gasteiger partial charge is 0.465 e. The van der Waals surface area contributed by atoms with Crippen molar-refractivity contribution < 1.29 is 18.7 Å². The smallest absolute Gasteiger partial charge is 0.407 e. The number of amides is 2. The first-order valence-corrected chi connectivity index (χ1v) is 6.55. The summed E-state index contributed by atoms with van der Waals surface area (Å²) in [4.78, 5) is 22.9. The summed E-state index contributed by atoms with van der Waals surface area (Å²) in [6.07, 6.45) is -0.328. The summed E-state index contributed by atoms with van der Waals surface area (Å²) < 4.78 is 10.4. The molecule has 1 rings (SSSR count). The van der Waals surface area contributed by atoms with Crippen molar-refractivity contribution >= 4 is 12.0 Å². The highest BCUT2D eigenvalue weighted by Crippen LogP contribution is 2.06. The summed E-state index contributed by atoms with van der Waals surface area (Å²) in [5.74, 6) is 1.35. The number of hydrogen-bond donors (Lipinski definition) is 2. The highest BCUT2D eigenvalue weighted by molar-refractivity contribution is 5.76. The molecule has 0 aliphatic carbocycles. The lowest BCUT2D eigenvalue weighted by Crippen LogP contribution is -2.35. The first-order chi connectivity index (χ1) is 9.26. The number of ether oxygens (including phenoxy) is 1. The average Bonchev–Trinajstić information content (AvgIpc) is 2.70. The van der Waals surface area contributed by atoms with Crippen LogP contribution in [0.3, 0.4) is 0 Å². The molecule has 0 unspecified atom stereocenters. The SMILES string of the molecule is Cc1ccc(CNC(=O)CCNC(=O)OC(C)(C)C)o1. The molecule has 2 amide bonds. The molecule has 1 aromatic rings. The number of alkyl carbamates (subject to hydrolysis) is 1. The van der Waals surface area contributed by atoms with E-state index in [0.717, 1.165) is 5.76 Å². The van der Waals surface area contributed by atoms with Crippen molar-refractivity contribution in [2.24, 2.45) is 0 Å². The van der Waals surface area contributed by atoms with Crippen LogP contribution in [-0.2, 0) is 16.1 Å². The summed E-state index contributed by atoms with van der Waals surface area (Å²) in [7, 11) is 0. The molecule has 6 heteroatoms. The van der Waals surface area contributed by atoms with Crippen molar-refractivity contribution in [3.8, 4) is 0 Å². The van der Waals surface area contributed by atoms with E-state index in [1.807, 2.05) is 19.1 Å². The highest BCUT2D eigenvalue weighted by Gasteiger charge is 2.15. The van der Waals surface area contributed by atoms with Crippen LogP contribution < -0.4 is 10.6 Å². The number of aryl methyl sites for hydroxylation is 1. The van der Waals surface area contributed by atoms with Crippen molar-refractivity contribution in [3.63, 3.8) is 0 Å². The first kappa shape index (κ1) is 16.1. The summed E-state index contributed by atoms with van der Waals surface area (Å²) in [6, 6.07) is 3.65. The maximum atomic E-state index is 11.5. The van der Waals surface area contributed by atoms with Crippen LogP contribution in [0.2, 0.25) is 0 Å². The second kappa shape index (κ2) is 6.98. The van der Waals surface area contributed by atoms with Crippen LogP contribution in [0.15, 0.2) is 16.5 Å². The molecule has 0 saturated carbocycles. The fraction of sp³-hybridized carbons (Fsp3) is 0.571. The van der Waals surface area contributed by atoms with Gasteiger partial charge in [0.05, 0.1) is 6.54 Å². The van der Waals surface area contributed by atoms with Gasteiger partial charge >= 0.3 is 6.09 Å². The molecule has 0 saturated heterocycles. The van der Waals surface area contributed by atoms with Crippen LogP contribution in [0.4, 0.5) is 4.79 Å². The predicted octanol–water partition coefficient (Wildman–Crippen LogP) is 2.12. The lowest BCUT2D eigenvalue weighted by atomic mass is 10.2. The quantitative estimate of drug-likeness (QED) is 0.866. The van der Waals surface area contributed by atoms with Crippen molar-refractivity contribution in [2.75, 3.05) is 6.54 Å². The molecular weight excluding hydrogens is 260 g/mol. The van der Waals surface area contributed by atoms with Crippen molar-refractivity contribution in [1.29, 1.82) is 0 Å². The normalized spacial score (nSPS) is 11.0. The van der Waals surface area contributed by atoms with Gasteiger partial charge in [-0.25, -0.2) is 4.79 Å². The van der Waals surface area contributed by atoms with E-state index in [9.17, 15) is 9.59 Å². The Balaban J connectivity index is 2.16. The number of carbonyl (C=O) groups excluding carboxylic acids is 2. The summed E-state index contributed by atoms with van der Waals surface area (Å²) in [5, 5.41) is 5.24. The third kappa shape index (κ3) is 6.82. The lowest BCUT2D eigenvalue weighted by Gasteiger charge is -2.19. The van der Waals surface area contributed by atoms with E-state index in [0.29, 0.717) is 12.3 Å². The molecule has 20 heavy (non-hydrogen) atoms. The summed E-state index contributed by atoms with van der Waals surface area (Å²) >= 11 is 0. The van der Waals surface area contributed by atoms with Crippen LogP contribution in [-0.4, -0.2) is 24.1 Å². The van der Waals surface area contributed by atoms with E-state index in [2.05, 4.69) is 10.6 Å². The Labute approximate surface area is 118 Å². The fourth-order valence-electron chi connectivity index (χ4n) is 1.45. The summed E-state index contributed by atoms with van der Waals surface area (Å²) in [5.41, 5.74) is -0.538. The van der Waals surface area contributed by atoms with E-state index in [1.165, 1.54) is 0 Å². The predicted molar refractivity (Wildman–Crippen MR) is 74.1 cm³/mol. The zero-order valence-electron chi connectivity index (χ0n) is 12.4. The van der Waals surface area contributed by atoms with Gasteiger partial charge in [-0.3, -0.25) is 4.79 Å². The van der Waals surface area contributed by atoms with E-state index in [1.54, 1.807) is 20.8 Å². The molecule has 2 N–H and O–H groups in total. The Morgan fingerprint density at radius 3 is 2.50 bits per heavy atom. The second-order valence-electron chi connectivity index (χ2n) is 5.47. The average molecular weight is 282 g/mol. The fourth-order valence-corrected chi connectivity index (χ4v) is 1.45. The molecule has 0 radical (unpaired) electrons. The Hall–Kier alpha value is -1.98. The standard InChI is InChI=1S/C14H22N2O4/c1-10-5-6-11(19-10)9-16-12(17)7-8-15-13(18)20-14(2,3)4/h5-6H,7-9H2,1-4H3,(H,15,18)(H,16,17). The minimum absolute atomic E-state index is 0.157. The van der Waals surface area contributed by atoms with Gasteiger partial charge in [-0.05, 0) is 39.8 Å². The van der Waals surface area contributed by atoms with Gasteiger partial charge in [0.1, 0.15) is 17.1 Å². The topological polar surface area (TPSA) is 80.6 Å². The number of carbonyl (C=O) groups is 2. The van der Waals surface area contributed by atoms with Crippen LogP contribution in [0.5, 0.6) is 0 Å². The third-order valence-electron chi connectivity index (χ3n) is 2.28. The molecule has 1 heterocycles.